The molecule has 1 saturated heterocycles. The molecule has 1 aromatic heterocycles. The van der Waals surface area contributed by atoms with Gasteiger partial charge in [-0.15, -0.1) is 0 Å². The zero-order chi connectivity index (χ0) is 19.3. The van der Waals surface area contributed by atoms with Crippen LogP contribution in [0.2, 0.25) is 0 Å². The minimum absolute atomic E-state index is 0.264. The molecule has 140 valence electrons. The van der Waals surface area contributed by atoms with Gasteiger partial charge in [-0.2, -0.15) is 5.26 Å². The monoisotopic (exact) mass is 363 g/mol. The number of phenolic OH excluding ortho intramolecular Hbond substituents is 1. The van der Waals surface area contributed by atoms with Crippen molar-refractivity contribution in [3.63, 3.8) is 0 Å². The highest BCUT2D eigenvalue weighted by Crippen LogP contribution is 2.48. The number of aromatic hydroxyl groups is 1. The lowest BCUT2D eigenvalue weighted by Gasteiger charge is -2.34. The van der Waals surface area contributed by atoms with Gasteiger partial charge in [0.1, 0.15) is 23.2 Å². The Morgan fingerprint density at radius 1 is 1.37 bits per heavy atom. The van der Waals surface area contributed by atoms with Crippen molar-refractivity contribution in [1.29, 1.82) is 5.26 Å². The number of hydrogen-bond acceptors (Lipinski definition) is 6. The van der Waals surface area contributed by atoms with Crippen LogP contribution in [0.3, 0.4) is 0 Å². The molecule has 6 heteroatoms. The SMILES string of the molecule is CN(C)Cc1cc(-c2c(C#N)c(N)nc3c2[C@H]2CC[C@@H](C3)N2C)ccc1O. The summed E-state index contributed by atoms with van der Waals surface area (Å²) >= 11 is 0. The third-order valence-electron chi connectivity index (χ3n) is 5.91. The zero-order valence-corrected chi connectivity index (χ0v) is 16.0. The number of rotatable bonds is 3. The third kappa shape index (κ3) is 2.84. The van der Waals surface area contributed by atoms with Gasteiger partial charge in [0, 0.05) is 47.4 Å². The topological polar surface area (TPSA) is 89.4 Å². The number of nitrogen functional groups attached to an aromatic ring is 1. The standard InChI is InChI=1S/C21H25N5O/c1-25(2)11-13-8-12(4-7-18(13)27)19-15(10-22)21(23)24-16-9-14-5-6-17(20(16)19)26(14)3/h4,7-8,14,17,27H,5-6,9,11H2,1-3H3,(H2,23,24)/t14-,17+/m0/s1. The Kier molecular flexibility index (Phi) is 4.29. The Morgan fingerprint density at radius 2 is 2.15 bits per heavy atom. The first-order chi connectivity index (χ1) is 12.9. The van der Waals surface area contributed by atoms with E-state index in [1.54, 1.807) is 6.07 Å². The highest BCUT2D eigenvalue weighted by molar-refractivity contribution is 5.80. The molecule has 2 atom stereocenters. The second kappa shape index (κ2) is 6.52. The number of benzene rings is 1. The second-order valence-corrected chi connectivity index (χ2v) is 7.92. The first kappa shape index (κ1) is 17.8. The van der Waals surface area contributed by atoms with E-state index < -0.39 is 0 Å². The molecular weight excluding hydrogens is 338 g/mol. The van der Waals surface area contributed by atoms with Crippen molar-refractivity contribution in [2.45, 2.75) is 37.9 Å². The number of anilines is 1. The molecule has 2 aliphatic rings. The maximum atomic E-state index is 10.3. The molecule has 0 aliphatic carbocycles. The van der Waals surface area contributed by atoms with E-state index in [1.165, 1.54) is 0 Å². The molecule has 2 aromatic rings. The van der Waals surface area contributed by atoms with Crippen molar-refractivity contribution in [1.82, 2.24) is 14.8 Å². The van der Waals surface area contributed by atoms with Crippen LogP contribution in [0.5, 0.6) is 5.75 Å². The summed E-state index contributed by atoms with van der Waals surface area (Å²) in [4.78, 5) is 9.02. The van der Waals surface area contributed by atoms with Gasteiger partial charge in [0.2, 0.25) is 0 Å². The molecular formula is C21H25N5O. The smallest absolute Gasteiger partial charge is 0.142 e. The highest BCUT2D eigenvalue weighted by Gasteiger charge is 2.41. The van der Waals surface area contributed by atoms with E-state index in [0.29, 0.717) is 24.0 Å². The maximum Gasteiger partial charge on any atom is 0.142 e. The summed E-state index contributed by atoms with van der Waals surface area (Å²) in [6.45, 7) is 0.621. The molecule has 6 nitrogen and oxygen atoms in total. The van der Waals surface area contributed by atoms with Gasteiger partial charge < -0.3 is 15.7 Å². The van der Waals surface area contributed by atoms with Crippen molar-refractivity contribution >= 4 is 5.82 Å². The van der Waals surface area contributed by atoms with E-state index in [4.69, 9.17) is 5.73 Å². The van der Waals surface area contributed by atoms with Crippen molar-refractivity contribution in [3.05, 3.63) is 40.6 Å². The van der Waals surface area contributed by atoms with E-state index in [-0.39, 0.29) is 11.8 Å². The quantitative estimate of drug-likeness (QED) is 0.871. The van der Waals surface area contributed by atoms with Crippen LogP contribution in [0.1, 0.15) is 41.3 Å². The minimum Gasteiger partial charge on any atom is -0.508 e. The molecule has 2 aliphatic heterocycles. The van der Waals surface area contributed by atoms with E-state index in [9.17, 15) is 10.4 Å². The molecule has 27 heavy (non-hydrogen) atoms. The Hall–Kier alpha value is -2.62. The van der Waals surface area contributed by atoms with Crippen LogP contribution < -0.4 is 5.73 Å². The van der Waals surface area contributed by atoms with Gasteiger partial charge in [-0.05, 0) is 51.7 Å². The van der Waals surface area contributed by atoms with Crippen LogP contribution in [-0.2, 0) is 13.0 Å². The van der Waals surface area contributed by atoms with Gasteiger partial charge in [0.25, 0.3) is 0 Å². The van der Waals surface area contributed by atoms with E-state index in [2.05, 4.69) is 23.0 Å². The summed E-state index contributed by atoms with van der Waals surface area (Å²) in [5.74, 6) is 0.567. The average molecular weight is 363 g/mol. The molecule has 2 bridgehead atoms. The van der Waals surface area contributed by atoms with Gasteiger partial charge >= 0.3 is 0 Å². The summed E-state index contributed by atoms with van der Waals surface area (Å²) in [5, 5.41) is 20.1. The zero-order valence-electron chi connectivity index (χ0n) is 16.0. The van der Waals surface area contributed by atoms with Gasteiger partial charge in [-0.3, -0.25) is 4.90 Å². The van der Waals surface area contributed by atoms with E-state index in [0.717, 1.165) is 47.2 Å². The van der Waals surface area contributed by atoms with Crippen LogP contribution in [-0.4, -0.2) is 47.1 Å². The van der Waals surface area contributed by atoms with Crippen molar-refractivity contribution in [2.24, 2.45) is 0 Å². The summed E-state index contributed by atoms with van der Waals surface area (Å²) in [6, 6.07) is 8.61. The summed E-state index contributed by atoms with van der Waals surface area (Å²) in [7, 11) is 6.09. The molecule has 0 amide bonds. The molecule has 1 fully saturated rings. The van der Waals surface area contributed by atoms with Crippen LogP contribution >= 0.6 is 0 Å². The lowest BCUT2D eigenvalue weighted by atomic mass is 9.86. The number of nitriles is 1. The molecule has 0 unspecified atom stereocenters. The largest absolute Gasteiger partial charge is 0.508 e. The Morgan fingerprint density at radius 3 is 2.85 bits per heavy atom. The molecule has 0 radical (unpaired) electrons. The second-order valence-electron chi connectivity index (χ2n) is 7.92. The highest BCUT2D eigenvalue weighted by atomic mass is 16.3. The normalized spacial score (nSPS) is 21.3. The molecule has 3 N–H and O–H groups in total. The average Bonchev–Trinajstić information content (AvgIpc) is 2.85. The number of likely N-dealkylation sites (N-methyl/N-ethyl adjacent to an activating group) is 1. The Labute approximate surface area is 159 Å². The summed E-state index contributed by atoms with van der Waals surface area (Å²) in [6.07, 6.45) is 3.08. The predicted molar refractivity (Wildman–Crippen MR) is 105 cm³/mol. The van der Waals surface area contributed by atoms with Gasteiger partial charge in [0.15, 0.2) is 0 Å². The van der Waals surface area contributed by atoms with Crippen molar-refractivity contribution < 1.29 is 5.11 Å². The van der Waals surface area contributed by atoms with Crippen LogP contribution in [0.25, 0.3) is 11.1 Å². The Bertz CT molecular complexity index is 947. The fraction of sp³-hybridized carbons (Fsp3) is 0.429. The lowest BCUT2D eigenvalue weighted by Crippen LogP contribution is -2.35. The first-order valence-electron chi connectivity index (χ1n) is 9.32. The van der Waals surface area contributed by atoms with Crippen LogP contribution in [0.4, 0.5) is 5.82 Å². The fourth-order valence-electron chi connectivity index (χ4n) is 4.63. The number of aromatic nitrogens is 1. The number of fused-ring (bicyclic) bond motifs is 4. The number of phenols is 1. The minimum atomic E-state index is 0.264. The fourth-order valence-corrected chi connectivity index (χ4v) is 4.63. The van der Waals surface area contributed by atoms with Gasteiger partial charge in [0.05, 0.1) is 0 Å². The van der Waals surface area contributed by atoms with E-state index in [1.807, 2.05) is 31.1 Å². The van der Waals surface area contributed by atoms with Gasteiger partial charge in [-0.1, -0.05) is 6.07 Å². The number of nitrogens with two attached hydrogens (primary N) is 1. The lowest BCUT2D eigenvalue weighted by molar-refractivity contribution is 0.222. The van der Waals surface area contributed by atoms with E-state index >= 15 is 0 Å². The van der Waals surface area contributed by atoms with Gasteiger partial charge in [-0.25, -0.2) is 4.98 Å². The molecule has 0 spiro atoms. The molecule has 0 saturated carbocycles. The Balaban J connectivity index is 1.96. The van der Waals surface area contributed by atoms with Crippen LogP contribution in [0.15, 0.2) is 18.2 Å². The predicted octanol–water partition coefficient (Wildman–Crippen LogP) is 2.66. The number of pyridine rings is 1. The summed E-state index contributed by atoms with van der Waals surface area (Å²) < 4.78 is 0. The van der Waals surface area contributed by atoms with Crippen molar-refractivity contribution in [3.8, 4) is 22.9 Å². The third-order valence-corrected chi connectivity index (χ3v) is 5.91. The summed E-state index contributed by atoms with van der Waals surface area (Å²) in [5.41, 5.74) is 11.4. The molecule has 4 rings (SSSR count). The first-order valence-corrected chi connectivity index (χ1v) is 9.32. The molecule has 1 aromatic carbocycles. The number of nitrogens with zero attached hydrogens (tertiary/aromatic N) is 4. The number of hydrogen-bond donors (Lipinski definition) is 2. The maximum absolute atomic E-state index is 10.3. The van der Waals surface area contributed by atoms with Crippen molar-refractivity contribution in [2.75, 3.05) is 26.9 Å². The van der Waals surface area contributed by atoms with Crippen LogP contribution in [0, 0.1) is 11.3 Å². The molecule has 3 heterocycles.